The lowest BCUT2D eigenvalue weighted by Gasteiger charge is -2.09. The van der Waals surface area contributed by atoms with Crippen molar-refractivity contribution in [2.45, 2.75) is 12.7 Å². The number of hydrogen-bond donors (Lipinski definition) is 1. The van der Waals surface area contributed by atoms with Gasteiger partial charge in [0.2, 0.25) is 0 Å². The van der Waals surface area contributed by atoms with Gasteiger partial charge in [0.05, 0.1) is 17.0 Å². The van der Waals surface area contributed by atoms with E-state index in [1.807, 2.05) is 0 Å². The number of rotatable bonds is 4. The van der Waals surface area contributed by atoms with Crippen LogP contribution in [0.5, 0.6) is 0 Å². The topological polar surface area (TPSA) is 68.1 Å². The van der Waals surface area contributed by atoms with Gasteiger partial charge in [-0.3, -0.25) is 10.1 Å². The first-order chi connectivity index (χ1) is 9.77. The molecule has 1 aromatic heterocycles. The zero-order chi connectivity index (χ0) is 15.6. The third-order valence-electron chi connectivity index (χ3n) is 2.50. The van der Waals surface area contributed by atoms with E-state index in [1.165, 1.54) is 17.5 Å². The molecule has 0 fully saturated rings. The van der Waals surface area contributed by atoms with E-state index in [9.17, 15) is 23.3 Å². The van der Waals surface area contributed by atoms with Crippen molar-refractivity contribution in [3.05, 3.63) is 49.4 Å². The lowest BCUT2D eigenvalue weighted by molar-refractivity contribution is -0.384. The van der Waals surface area contributed by atoms with Gasteiger partial charge in [-0.25, -0.2) is 4.98 Å². The van der Waals surface area contributed by atoms with Crippen molar-refractivity contribution in [1.29, 1.82) is 0 Å². The fourth-order valence-corrected chi connectivity index (χ4v) is 2.47. The van der Waals surface area contributed by atoms with Crippen LogP contribution in [0.4, 0.5) is 24.5 Å². The molecule has 0 saturated carbocycles. The van der Waals surface area contributed by atoms with Gasteiger partial charge in [0.15, 0.2) is 4.47 Å². The van der Waals surface area contributed by atoms with Crippen LogP contribution in [0.2, 0.25) is 4.47 Å². The quantitative estimate of drug-likeness (QED) is 0.665. The van der Waals surface area contributed by atoms with Gasteiger partial charge in [-0.2, -0.15) is 13.2 Å². The predicted molar refractivity (Wildman–Crippen MR) is 72.5 cm³/mol. The summed E-state index contributed by atoms with van der Waals surface area (Å²) in [6.45, 7) is 0.177. The first-order valence-corrected chi connectivity index (χ1v) is 6.66. The van der Waals surface area contributed by atoms with Gasteiger partial charge in [0.1, 0.15) is 5.69 Å². The number of aromatic nitrogens is 1. The van der Waals surface area contributed by atoms with E-state index in [0.29, 0.717) is 15.4 Å². The number of benzene rings is 1. The molecule has 0 aliphatic rings. The average molecular weight is 338 g/mol. The number of nitro groups is 1. The Labute approximate surface area is 125 Å². The van der Waals surface area contributed by atoms with Gasteiger partial charge >= 0.3 is 6.18 Å². The van der Waals surface area contributed by atoms with Crippen LogP contribution in [-0.4, -0.2) is 9.91 Å². The summed E-state index contributed by atoms with van der Waals surface area (Å²) in [6.07, 6.45) is -3.15. The molecular formula is C11H7ClF3N3O2S. The van der Waals surface area contributed by atoms with Gasteiger partial charge in [-0.1, -0.05) is 11.6 Å². The summed E-state index contributed by atoms with van der Waals surface area (Å²) in [4.78, 5) is 14.5. The summed E-state index contributed by atoms with van der Waals surface area (Å²) in [5.74, 6) is 0. The standard InChI is InChI=1S/C11H7ClF3N3O2S/c12-10-17-5-7(21-10)4-16-8-2-1-6(11(13,14)15)3-9(8)18(19)20/h1-3,5,16H,4H2. The van der Waals surface area contributed by atoms with Crippen LogP contribution in [0.3, 0.4) is 0 Å². The predicted octanol–water partition coefficient (Wildman–Crippen LogP) is 4.34. The molecule has 1 heterocycles. The van der Waals surface area contributed by atoms with Gasteiger partial charge < -0.3 is 5.32 Å². The lowest BCUT2D eigenvalue weighted by atomic mass is 10.1. The molecule has 1 aromatic carbocycles. The third-order valence-corrected chi connectivity index (χ3v) is 3.62. The van der Waals surface area contributed by atoms with Crippen molar-refractivity contribution < 1.29 is 18.1 Å². The van der Waals surface area contributed by atoms with Crippen molar-refractivity contribution in [3.8, 4) is 0 Å². The highest BCUT2D eigenvalue weighted by Gasteiger charge is 2.33. The zero-order valence-electron chi connectivity index (χ0n) is 10.1. The van der Waals surface area contributed by atoms with Crippen molar-refractivity contribution >= 4 is 34.3 Å². The van der Waals surface area contributed by atoms with E-state index >= 15 is 0 Å². The largest absolute Gasteiger partial charge is 0.416 e. The van der Waals surface area contributed by atoms with Crippen molar-refractivity contribution in [1.82, 2.24) is 4.98 Å². The van der Waals surface area contributed by atoms with Gasteiger partial charge in [-0.15, -0.1) is 11.3 Å². The second-order valence-corrected chi connectivity index (χ2v) is 5.62. The Morgan fingerprint density at radius 3 is 2.67 bits per heavy atom. The fraction of sp³-hybridized carbons (Fsp3) is 0.182. The molecule has 0 radical (unpaired) electrons. The van der Waals surface area contributed by atoms with Crippen LogP contribution in [-0.2, 0) is 12.7 Å². The molecule has 2 aromatic rings. The van der Waals surface area contributed by atoms with Crippen LogP contribution in [0.15, 0.2) is 24.4 Å². The summed E-state index contributed by atoms with van der Waals surface area (Å²) in [7, 11) is 0. The minimum atomic E-state index is -4.63. The minimum Gasteiger partial charge on any atom is -0.375 e. The minimum absolute atomic E-state index is 0.00229. The van der Waals surface area contributed by atoms with E-state index in [-0.39, 0.29) is 12.2 Å². The van der Waals surface area contributed by atoms with Crippen LogP contribution in [0.25, 0.3) is 0 Å². The molecule has 0 aliphatic heterocycles. The number of nitrogens with one attached hydrogen (secondary N) is 1. The van der Waals surface area contributed by atoms with Gasteiger partial charge in [-0.05, 0) is 12.1 Å². The molecule has 5 nitrogen and oxygen atoms in total. The maximum Gasteiger partial charge on any atom is 0.416 e. The smallest absolute Gasteiger partial charge is 0.375 e. The van der Waals surface area contributed by atoms with Crippen LogP contribution >= 0.6 is 22.9 Å². The third kappa shape index (κ3) is 3.82. The van der Waals surface area contributed by atoms with E-state index in [2.05, 4.69) is 10.3 Å². The second kappa shape index (κ2) is 5.86. The highest BCUT2D eigenvalue weighted by atomic mass is 35.5. The Bertz CT molecular complexity index is 675. The molecular weight excluding hydrogens is 331 g/mol. The van der Waals surface area contributed by atoms with Crippen molar-refractivity contribution in [2.24, 2.45) is 0 Å². The monoisotopic (exact) mass is 337 g/mol. The van der Waals surface area contributed by atoms with Gasteiger partial charge in [0, 0.05) is 17.1 Å². The molecule has 0 saturated heterocycles. The highest BCUT2D eigenvalue weighted by molar-refractivity contribution is 7.15. The van der Waals surface area contributed by atoms with Crippen LogP contribution < -0.4 is 5.32 Å². The van der Waals surface area contributed by atoms with Crippen molar-refractivity contribution in [3.63, 3.8) is 0 Å². The maximum atomic E-state index is 12.6. The van der Waals surface area contributed by atoms with Gasteiger partial charge in [0.25, 0.3) is 5.69 Å². The van der Waals surface area contributed by atoms with E-state index < -0.39 is 22.4 Å². The number of alkyl halides is 3. The Morgan fingerprint density at radius 1 is 1.43 bits per heavy atom. The molecule has 2 rings (SSSR count). The average Bonchev–Trinajstić information content (AvgIpc) is 2.80. The first kappa shape index (κ1) is 15.5. The molecule has 0 atom stereocenters. The van der Waals surface area contributed by atoms with E-state index in [4.69, 9.17) is 11.6 Å². The molecule has 1 N–H and O–H groups in total. The Kier molecular flexibility index (Phi) is 4.33. The Hall–Kier alpha value is -1.87. The molecule has 0 aliphatic carbocycles. The number of hydrogen-bond acceptors (Lipinski definition) is 5. The number of nitrogens with zero attached hydrogens (tertiary/aromatic N) is 2. The van der Waals surface area contributed by atoms with Crippen molar-refractivity contribution in [2.75, 3.05) is 5.32 Å². The maximum absolute atomic E-state index is 12.6. The Morgan fingerprint density at radius 2 is 2.14 bits per heavy atom. The lowest BCUT2D eigenvalue weighted by Crippen LogP contribution is -2.07. The fourth-order valence-electron chi connectivity index (χ4n) is 1.56. The summed E-state index contributed by atoms with van der Waals surface area (Å²) < 4.78 is 38.0. The number of thiazole rings is 1. The van der Waals surface area contributed by atoms with E-state index in [1.54, 1.807) is 0 Å². The number of nitro benzene ring substituents is 1. The molecule has 0 bridgehead atoms. The molecule has 0 spiro atoms. The molecule has 0 amide bonds. The highest BCUT2D eigenvalue weighted by Crippen LogP contribution is 2.35. The second-order valence-electron chi connectivity index (χ2n) is 3.92. The van der Waals surface area contributed by atoms with E-state index in [0.717, 1.165) is 12.1 Å². The normalized spacial score (nSPS) is 11.4. The first-order valence-electron chi connectivity index (χ1n) is 5.47. The summed E-state index contributed by atoms with van der Waals surface area (Å²) in [5, 5.41) is 13.6. The number of anilines is 1. The zero-order valence-corrected chi connectivity index (χ0v) is 11.7. The summed E-state index contributed by atoms with van der Waals surface area (Å²) in [5.41, 5.74) is -1.71. The van der Waals surface area contributed by atoms with Crippen LogP contribution in [0.1, 0.15) is 10.4 Å². The Balaban J connectivity index is 2.24. The molecule has 112 valence electrons. The summed E-state index contributed by atoms with van der Waals surface area (Å²) >= 11 is 6.81. The molecule has 0 unspecified atom stereocenters. The molecule has 10 heteroatoms. The SMILES string of the molecule is O=[N+]([O-])c1cc(C(F)(F)F)ccc1NCc1cnc(Cl)s1. The molecule has 21 heavy (non-hydrogen) atoms. The van der Waals surface area contributed by atoms with Crippen LogP contribution in [0, 0.1) is 10.1 Å². The summed E-state index contributed by atoms with van der Waals surface area (Å²) in [6, 6.07) is 2.32. The number of halogens is 4.